The molecule has 0 saturated carbocycles. The molecule has 24 heteroatoms. The third-order valence-corrected chi connectivity index (χ3v) is 16.9. The summed E-state index contributed by atoms with van der Waals surface area (Å²) in [6.07, 6.45) is 7.68. The highest BCUT2D eigenvalue weighted by molar-refractivity contribution is 6.10. The van der Waals surface area contributed by atoms with Crippen LogP contribution in [0.4, 0.5) is 42.5 Å². The lowest BCUT2D eigenvalue weighted by Gasteiger charge is -2.39. The van der Waals surface area contributed by atoms with Gasteiger partial charge in [0.05, 0.1) is 25.2 Å². The molecule has 8 heterocycles. The zero-order valence-electron chi connectivity index (χ0n) is 47.5. The van der Waals surface area contributed by atoms with E-state index in [1.54, 1.807) is 56.5 Å². The second kappa shape index (κ2) is 24.4. The highest BCUT2D eigenvalue weighted by Crippen LogP contribution is 2.43. The summed E-state index contributed by atoms with van der Waals surface area (Å²) in [6, 6.07) is 8.39. The minimum Gasteiger partial charge on any atom is -0.494 e. The fourth-order valence-corrected chi connectivity index (χ4v) is 12.4. The number of benzene rings is 2. The van der Waals surface area contributed by atoms with E-state index in [0.717, 1.165) is 28.8 Å². The van der Waals surface area contributed by atoms with Gasteiger partial charge in [-0.3, -0.25) is 28.9 Å². The standard InChI is InChI=1S/C58H73F2N15O7/c1-34-30-65-57(67-52(34)66-40-24-38-26-48(82-33-49(76)63-3)56(79)69(5)50(38)47(27-40)81-6)72-19-11-36(12-20-72)54(77)70-17-9-35(10-18-70)55(78)71-21-13-41(14-22-71)75-45-15-23-73(58(80)64-4)32-44(45)53(68-75)74-16-7-8-37-25-42(39(29-61)31-62-2)43(51(59)60)28-46(37)74/h24-31,35-36,41,51H,7-23,32-33,61H2,1-6H3,(H,63,76)(H,64,80)(H,65,66,67). The highest BCUT2D eigenvalue weighted by Gasteiger charge is 2.39. The first-order valence-corrected chi connectivity index (χ1v) is 28.3. The summed E-state index contributed by atoms with van der Waals surface area (Å²) < 4.78 is 44.5. The number of hydrogen-bond acceptors (Lipinski definition) is 15. The van der Waals surface area contributed by atoms with Crippen LogP contribution in [0, 0.1) is 18.8 Å². The number of alkyl halides is 2. The van der Waals surface area contributed by atoms with Gasteiger partial charge in [0.15, 0.2) is 18.2 Å². The van der Waals surface area contributed by atoms with Crippen molar-refractivity contribution >= 4 is 75.4 Å². The number of urea groups is 1. The van der Waals surface area contributed by atoms with Crippen LogP contribution in [0.5, 0.6) is 11.5 Å². The summed E-state index contributed by atoms with van der Waals surface area (Å²) in [5.41, 5.74) is 11.6. The van der Waals surface area contributed by atoms with Crippen LogP contribution in [0.1, 0.15) is 90.9 Å². The molecule has 2 aromatic carbocycles. The Bertz CT molecular complexity index is 3380. The van der Waals surface area contributed by atoms with Crippen molar-refractivity contribution in [2.75, 3.05) is 102 Å². The Hall–Kier alpha value is -8.31. The third kappa shape index (κ3) is 11.3. The quantitative estimate of drug-likeness (QED) is 0.0969. The van der Waals surface area contributed by atoms with Gasteiger partial charge < -0.3 is 60.2 Å². The Balaban J connectivity index is 0.748. The monoisotopic (exact) mass is 1130 g/mol. The summed E-state index contributed by atoms with van der Waals surface area (Å²) in [4.78, 5) is 89.6. The number of nitrogens with zero attached hydrogens (tertiary/aromatic N) is 11. The number of aliphatic imine (C=N–C) groups is 1. The van der Waals surface area contributed by atoms with Crippen molar-refractivity contribution in [1.29, 1.82) is 0 Å². The number of methoxy groups -OCH3 is 1. The van der Waals surface area contributed by atoms with E-state index in [1.807, 2.05) is 27.7 Å². The normalized spacial score (nSPS) is 17.6. The van der Waals surface area contributed by atoms with Gasteiger partial charge in [-0.05, 0) is 93.7 Å². The fraction of sp³-hybridized carbons (Fsp3) is 0.500. The van der Waals surface area contributed by atoms with Crippen LogP contribution in [0.25, 0.3) is 16.5 Å². The number of rotatable bonds is 14. The molecule has 22 nitrogen and oxygen atoms in total. The van der Waals surface area contributed by atoms with Crippen molar-refractivity contribution in [3.63, 3.8) is 0 Å². The number of hydrogen-bond donors (Lipinski definition) is 4. The first-order chi connectivity index (χ1) is 39.6. The lowest BCUT2D eigenvalue weighted by Crippen LogP contribution is -2.49. The van der Waals surface area contributed by atoms with Crippen LogP contribution < -0.4 is 46.5 Å². The number of anilines is 5. The van der Waals surface area contributed by atoms with Gasteiger partial charge in [0, 0.05) is 168 Å². The topological polar surface area (TPSA) is 243 Å². The second-order valence-electron chi connectivity index (χ2n) is 21.7. The van der Waals surface area contributed by atoms with E-state index in [0.29, 0.717) is 167 Å². The minimum atomic E-state index is -2.76. The predicted octanol–water partition coefficient (Wildman–Crippen LogP) is 5.75. The number of pyridine rings is 1. The van der Waals surface area contributed by atoms with Crippen LogP contribution >= 0.6 is 0 Å². The second-order valence-corrected chi connectivity index (χ2v) is 21.7. The Kier molecular flexibility index (Phi) is 17.0. The zero-order valence-corrected chi connectivity index (χ0v) is 47.5. The molecule has 0 aliphatic carbocycles. The molecule has 5 aliphatic rings. The van der Waals surface area contributed by atoms with Gasteiger partial charge in [0.1, 0.15) is 11.6 Å². The number of halogens is 2. The van der Waals surface area contributed by atoms with Gasteiger partial charge in [-0.2, -0.15) is 10.1 Å². The molecule has 5 aromatic rings. The van der Waals surface area contributed by atoms with E-state index in [9.17, 15) is 32.8 Å². The van der Waals surface area contributed by atoms with E-state index in [-0.39, 0.29) is 59.6 Å². The zero-order chi connectivity index (χ0) is 57.9. The van der Waals surface area contributed by atoms with Crippen molar-refractivity contribution in [2.45, 2.75) is 83.7 Å². The maximum absolute atomic E-state index is 14.8. The summed E-state index contributed by atoms with van der Waals surface area (Å²) in [6.45, 7) is 6.34. The average molecular weight is 1130 g/mol. The molecular formula is C58H73F2N15O7. The number of nitrogens with one attached hydrogen (secondary N) is 3. The molecule has 3 fully saturated rings. The van der Waals surface area contributed by atoms with Crippen molar-refractivity contribution in [3.05, 3.63) is 86.6 Å². The van der Waals surface area contributed by atoms with Crippen molar-refractivity contribution in [2.24, 2.45) is 29.6 Å². The number of carbonyl (C=O) groups is 4. The summed E-state index contributed by atoms with van der Waals surface area (Å²) in [5.74, 6) is 1.81. The maximum atomic E-state index is 14.8. The fourth-order valence-electron chi connectivity index (χ4n) is 12.4. The summed E-state index contributed by atoms with van der Waals surface area (Å²) in [5, 5.41) is 14.6. The maximum Gasteiger partial charge on any atom is 0.317 e. The van der Waals surface area contributed by atoms with Gasteiger partial charge in [-0.25, -0.2) is 18.6 Å². The molecule has 3 saturated heterocycles. The molecule has 5 amide bonds. The number of likely N-dealkylation sites (N-methyl/N-ethyl adjacent to an activating group) is 1. The molecule has 0 unspecified atom stereocenters. The van der Waals surface area contributed by atoms with Crippen molar-refractivity contribution in [3.8, 4) is 11.5 Å². The number of carbonyl (C=O) groups excluding carboxylic acids is 4. The number of aryl methyl sites for hydroxylation is 3. The van der Waals surface area contributed by atoms with Gasteiger partial charge >= 0.3 is 6.03 Å². The molecule has 82 heavy (non-hydrogen) atoms. The van der Waals surface area contributed by atoms with E-state index in [4.69, 9.17) is 25.3 Å². The summed E-state index contributed by atoms with van der Waals surface area (Å²) in [7, 11) is 7.82. The van der Waals surface area contributed by atoms with E-state index in [2.05, 4.69) is 35.5 Å². The Morgan fingerprint density at radius 3 is 2.21 bits per heavy atom. The van der Waals surface area contributed by atoms with Crippen LogP contribution in [-0.4, -0.2) is 156 Å². The smallest absolute Gasteiger partial charge is 0.317 e. The number of ether oxygens (including phenoxy) is 2. The molecule has 0 radical (unpaired) electrons. The largest absolute Gasteiger partial charge is 0.494 e. The number of allylic oxidation sites excluding steroid dienone is 1. The van der Waals surface area contributed by atoms with Crippen molar-refractivity contribution in [1.82, 2.24) is 49.6 Å². The number of piperidine rings is 3. The lowest BCUT2D eigenvalue weighted by molar-refractivity contribution is -0.143. The molecule has 436 valence electrons. The van der Waals surface area contributed by atoms with Crippen LogP contribution in [0.3, 0.4) is 0 Å². The summed E-state index contributed by atoms with van der Waals surface area (Å²) >= 11 is 0. The molecule has 0 spiro atoms. The Morgan fingerprint density at radius 1 is 0.866 bits per heavy atom. The number of nitrogens with two attached hydrogens (primary N) is 1. The third-order valence-electron chi connectivity index (χ3n) is 16.9. The Morgan fingerprint density at radius 2 is 1.56 bits per heavy atom. The lowest BCUT2D eigenvalue weighted by atomic mass is 9.91. The molecule has 5 aliphatic heterocycles. The van der Waals surface area contributed by atoms with Crippen LogP contribution in [-0.2, 0) is 40.8 Å². The predicted molar refractivity (Wildman–Crippen MR) is 309 cm³/mol. The molecule has 0 atom stereocenters. The molecule has 5 N–H and O–H groups in total. The molecule has 0 bridgehead atoms. The SMILES string of the molecule is CN=CC(=CN)c1cc2c(cc1C(F)F)N(c1nn(C3CCN(C(=O)C4CCN(C(=O)C5CCN(c6ncc(C)c(Nc7cc(OC)c8c(c7)cc(OCC(=O)NC)c(=O)n8C)n6)CC5)CC4)CC3)c3c1CN(C(=O)NC)CC3)CCC2. The number of fused-ring (bicyclic) bond motifs is 3. The first kappa shape index (κ1) is 56.9. The molecular weight excluding hydrogens is 1060 g/mol. The number of aromatic nitrogens is 5. The molecule has 10 rings (SSSR count). The van der Waals surface area contributed by atoms with Crippen LogP contribution in [0.2, 0.25) is 0 Å². The van der Waals surface area contributed by atoms with Crippen molar-refractivity contribution < 1.29 is 37.4 Å². The number of amides is 5. The van der Waals surface area contributed by atoms with E-state index >= 15 is 0 Å². The highest BCUT2D eigenvalue weighted by atomic mass is 19.3. The van der Waals surface area contributed by atoms with Gasteiger partial charge in [0.2, 0.25) is 17.8 Å². The van der Waals surface area contributed by atoms with E-state index in [1.165, 1.54) is 31.1 Å². The van der Waals surface area contributed by atoms with E-state index < -0.39 is 12.0 Å². The van der Waals surface area contributed by atoms with Gasteiger partial charge in [-0.1, -0.05) is 0 Å². The minimum absolute atomic E-state index is 0.00605. The van der Waals surface area contributed by atoms with Gasteiger partial charge in [-0.15, -0.1) is 0 Å². The Labute approximate surface area is 474 Å². The van der Waals surface area contributed by atoms with Gasteiger partial charge in [0.25, 0.3) is 17.9 Å². The molecule has 3 aromatic heterocycles. The first-order valence-electron chi connectivity index (χ1n) is 28.3. The average Bonchev–Trinajstić information content (AvgIpc) is 4.12. The number of likely N-dealkylation sites (tertiary alicyclic amines) is 2. The van der Waals surface area contributed by atoms with Crippen LogP contribution in [0.15, 0.2) is 52.5 Å².